The fourth-order valence-electron chi connectivity index (χ4n) is 2.51. The Bertz CT molecular complexity index is 455. The van der Waals surface area contributed by atoms with Crippen molar-refractivity contribution < 1.29 is 9.13 Å². The average Bonchev–Trinajstić information content (AvgIpc) is 2.32. The summed E-state index contributed by atoms with van der Waals surface area (Å²) in [7, 11) is 0. The van der Waals surface area contributed by atoms with Gasteiger partial charge in [-0.1, -0.05) is 33.6 Å². The Labute approximate surface area is 127 Å². The highest BCUT2D eigenvalue weighted by Crippen LogP contribution is 2.24. The van der Waals surface area contributed by atoms with Crippen molar-refractivity contribution >= 4 is 27.5 Å². The van der Waals surface area contributed by atoms with Gasteiger partial charge < -0.3 is 4.74 Å². The monoisotopic (exact) mass is 349 g/mol. The Kier molecular flexibility index (Phi) is 4.88. The number of alkyl halides is 1. The predicted octanol–water partition coefficient (Wildman–Crippen LogP) is 3.85. The predicted molar refractivity (Wildman–Crippen MR) is 79.4 cm³/mol. The van der Waals surface area contributed by atoms with Gasteiger partial charge in [0, 0.05) is 25.0 Å². The van der Waals surface area contributed by atoms with E-state index in [0.717, 1.165) is 24.0 Å². The first-order valence-electron chi connectivity index (χ1n) is 6.30. The van der Waals surface area contributed by atoms with Gasteiger partial charge in [-0.2, -0.15) is 0 Å². The van der Waals surface area contributed by atoms with E-state index in [1.54, 1.807) is 6.07 Å². The van der Waals surface area contributed by atoms with Gasteiger partial charge in [0.05, 0.1) is 16.7 Å². The minimum absolute atomic E-state index is 0.167. The number of ether oxygens (including phenoxy) is 1. The Morgan fingerprint density at radius 1 is 1.53 bits per heavy atom. The topological polar surface area (TPSA) is 12.5 Å². The second-order valence-corrected chi connectivity index (χ2v) is 6.63. The van der Waals surface area contributed by atoms with Crippen molar-refractivity contribution in [2.24, 2.45) is 0 Å². The second kappa shape index (κ2) is 6.08. The molecular weight excluding hydrogens is 333 g/mol. The zero-order valence-corrected chi connectivity index (χ0v) is 13.5. The summed E-state index contributed by atoms with van der Waals surface area (Å²) in [6, 6.07) is 4.99. The maximum atomic E-state index is 13.4. The third-order valence-corrected chi connectivity index (χ3v) is 4.14. The quantitative estimate of drug-likeness (QED) is 0.768. The first kappa shape index (κ1) is 15.2. The van der Waals surface area contributed by atoms with Crippen LogP contribution in [0.4, 0.5) is 4.39 Å². The van der Waals surface area contributed by atoms with Crippen LogP contribution >= 0.6 is 27.5 Å². The van der Waals surface area contributed by atoms with E-state index >= 15 is 0 Å². The first-order chi connectivity index (χ1) is 8.89. The molecule has 1 aliphatic rings. The lowest BCUT2D eigenvalue weighted by atomic mass is 10.0. The summed E-state index contributed by atoms with van der Waals surface area (Å²) in [5.74, 6) is -0.358. The minimum atomic E-state index is -0.358. The number of morpholine rings is 1. The summed E-state index contributed by atoms with van der Waals surface area (Å²) in [6.07, 6.45) is 0.167. The highest BCUT2D eigenvalue weighted by atomic mass is 79.9. The maximum absolute atomic E-state index is 13.4. The molecule has 1 aromatic rings. The zero-order chi connectivity index (χ0) is 14.0. The molecule has 1 aliphatic heterocycles. The first-order valence-corrected chi connectivity index (χ1v) is 7.79. The molecule has 1 fully saturated rings. The Balaban J connectivity index is 2.07. The van der Waals surface area contributed by atoms with Crippen molar-refractivity contribution in [2.75, 3.05) is 18.4 Å². The SMILES string of the molecule is CC1(C)CN(Cc2ccc(Cl)c(F)c2)CC(CBr)O1. The number of hydrogen-bond donors (Lipinski definition) is 0. The van der Waals surface area contributed by atoms with Crippen molar-refractivity contribution in [3.63, 3.8) is 0 Å². The molecule has 5 heteroatoms. The van der Waals surface area contributed by atoms with Crippen molar-refractivity contribution in [1.82, 2.24) is 4.90 Å². The zero-order valence-electron chi connectivity index (χ0n) is 11.1. The molecule has 0 aromatic heterocycles. The fourth-order valence-corrected chi connectivity index (χ4v) is 2.97. The van der Waals surface area contributed by atoms with E-state index in [0.29, 0.717) is 6.54 Å². The van der Waals surface area contributed by atoms with Gasteiger partial charge in [0.2, 0.25) is 0 Å². The van der Waals surface area contributed by atoms with Gasteiger partial charge >= 0.3 is 0 Å². The van der Waals surface area contributed by atoms with Gasteiger partial charge in [0.1, 0.15) is 5.82 Å². The fraction of sp³-hybridized carbons (Fsp3) is 0.571. The van der Waals surface area contributed by atoms with Gasteiger partial charge in [0.15, 0.2) is 0 Å². The van der Waals surface area contributed by atoms with Gasteiger partial charge in [-0.15, -0.1) is 0 Å². The van der Waals surface area contributed by atoms with E-state index in [1.807, 2.05) is 6.07 Å². The van der Waals surface area contributed by atoms with E-state index in [2.05, 4.69) is 34.7 Å². The van der Waals surface area contributed by atoms with Gasteiger partial charge in [0.25, 0.3) is 0 Å². The molecule has 0 spiro atoms. The van der Waals surface area contributed by atoms with E-state index < -0.39 is 0 Å². The van der Waals surface area contributed by atoms with E-state index in [1.165, 1.54) is 6.07 Å². The molecule has 1 saturated heterocycles. The van der Waals surface area contributed by atoms with Crippen LogP contribution in [-0.4, -0.2) is 35.0 Å². The molecule has 106 valence electrons. The van der Waals surface area contributed by atoms with Gasteiger partial charge in [-0.05, 0) is 31.5 Å². The van der Waals surface area contributed by atoms with Crippen LogP contribution in [0.25, 0.3) is 0 Å². The van der Waals surface area contributed by atoms with Gasteiger partial charge in [-0.25, -0.2) is 4.39 Å². The summed E-state index contributed by atoms with van der Waals surface area (Å²) in [5, 5.41) is 0.978. The van der Waals surface area contributed by atoms with E-state index in [-0.39, 0.29) is 22.5 Å². The third-order valence-electron chi connectivity index (χ3n) is 3.11. The lowest BCUT2D eigenvalue weighted by Crippen LogP contribution is -2.52. The van der Waals surface area contributed by atoms with Crippen LogP contribution in [0.5, 0.6) is 0 Å². The smallest absolute Gasteiger partial charge is 0.142 e. The molecule has 0 amide bonds. The molecular formula is C14H18BrClFNO. The largest absolute Gasteiger partial charge is 0.369 e. The number of benzene rings is 1. The lowest BCUT2D eigenvalue weighted by molar-refractivity contribution is -0.128. The Hall–Kier alpha value is -0.160. The van der Waals surface area contributed by atoms with E-state index in [9.17, 15) is 4.39 Å². The van der Waals surface area contributed by atoms with Crippen LogP contribution in [0.15, 0.2) is 18.2 Å². The maximum Gasteiger partial charge on any atom is 0.142 e. The van der Waals surface area contributed by atoms with E-state index in [4.69, 9.17) is 16.3 Å². The lowest BCUT2D eigenvalue weighted by Gasteiger charge is -2.42. The van der Waals surface area contributed by atoms with Crippen LogP contribution in [-0.2, 0) is 11.3 Å². The van der Waals surface area contributed by atoms with Crippen LogP contribution in [0.1, 0.15) is 19.4 Å². The van der Waals surface area contributed by atoms with Crippen LogP contribution in [0.3, 0.4) is 0 Å². The molecule has 2 nitrogen and oxygen atoms in total. The highest BCUT2D eigenvalue weighted by Gasteiger charge is 2.32. The summed E-state index contributed by atoms with van der Waals surface area (Å²) >= 11 is 9.17. The molecule has 1 heterocycles. The average molecular weight is 351 g/mol. The van der Waals surface area contributed by atoms with Crippen LogP contribution < -0.4 is 0 Å². The molecule has 2 rings (SSSR count). The number of halogens is 3. The van der Waals surface area contributed by atoms with Crippen molar-refractivity contribution in [1.29, 1.82) is 0 Å². The van der Waals surface area contributed by atoms with Crippen molar-refractivity contribution in [3.8, 4) is 0 Å². The van der Waals surface area contributed by atoms with Crippen LogP contribution in [0.2, 0.25) is 5.02 Å². The minimum Gasteiger partial charge on any atom is -0.369 e. The Morgan fingerprint density at radius 2 is 2.26 bits per heavy atom. The summed E-state index contributed by atoms with van der Waals surface area (Å²) in [4.78, 5) is 2.29. The summed E-state index contributed by atoms with van der Waals surface area (Å²) in [5.41, 5.74) is 0.759. The number of rotatable bonds is 3. The van der Waals surface area contributed by atoms with Crippen LogP contribution in [0, 0.1) is 5.82 Å². The molecule has 1 atom stereocenters. The number of nitrogens with zero attached hydrogens (tertiary/aromatic N) is 1. The summed E-state index contributed by atoms with van der Waals surface area (Å²) < 4.78 is 19.4. The summed E-state index contributed by atoms with van der Waals surface area (Å²) in [6.45, 7) is 6.55. The molecule has 0 radical (unpaired) electrons. The second-order valence-electron chi connectivity index (χ2n) is 5.57. The van der Waals surface area contributed by atoms with Gasteiger partial charge in [-0.3, -0.25) is 4.90 Å². The normalized spacial score (nSPS) is 23.5. The molecule has 0 aliphatic carbocycles. The molecule has 0 saturated carbocycles. The third kappa shape index (κ3) is 4.15. The molecule has 1 unspecified atom stereocenters. The highest BCUT2D eigenvalue weighted by molar-refractivity contribution is 9.09. The Morgan fingerprint density at radius 3 is 2.89 bits per heavy atom. The number of hydrogen-bond acceptors (Lipinski definition) is 2. The molecule has 19 heavy (non-hydrogen) atoms. The van der Waals surface area contributed by atoms with Crippen molar-refractivity contribution in [3.05, 3.63) is 34.6 Å². The van der Waals surface area contributed by atoms with Crippen molar-refractivity contribution in [2.45, 2.75) is 32.1 Å². The molecule has 0 bridgehead atoms. The standard InChI is InChI=1S/C14H18BrClFNO/c1-14(2)9-18(8-11(6-15)19-14)7-10-3-4-12(16)13(17)5-10/h3-5,11H,6-9H2,1-2H3. The molecule has 1 aromatic carbocycles. The molecule has 0 N–H and O–H groups in total.